The van der Waals surface area contributed by atoms with Gasteiger partial charge in [0.1, 0.15) is 12.4 Å². The van der Waals surface area contributed by atoms with Crippen LogP contribution in [0.25, 0.3) is 0 Å². The Bertz CT molecular complexity index is 436. The van der Waals surface area contributed by atoms with E-state index in [0.717, 1.165) is 13.0 Å². The van der Waals surface area contributed by atoms with Crippen LogP contribution in [-0.4, -0.2) is 4.57 Å². The topological polar surface area (TPSA) is 8.81 Å². The molecule has 27 heavy (non-hydrogen) atoms. The summed E-state index contributed by atoms with van der Waals surface area (Å²) < 4.78 is 4.85. The van der Waals surface area contributed by atoms with Gasteiger partial charge in [0, 0.05) is 6.42 Å². The zero-order valence-electron chi connectivity index (χ0n) is 19.0. The molecule has 0 N–H and O–H groups in total. The van der Waals surface area contributed by atoms with Crippen molar-refractivity contribution in [2.24, 2.45) is 0 Å². The van der Waals surface area contributed by atoms with E-state index in [9.17, 15) is 0 Å². The molecule has 0 aliphatic rings. The maximum Gasteiger partial charge on any atom is 0.256 e. The van der Waals surface area contributed by atoms with Crippen LogP contribution in [0.1, 0.15) is 129 Å². The average Bonchev–Trinajstić information content (AvgIpc) is 3.09. The number of aromatic nitrogens is 2. The Morgan fingerprint density at radius 1 is 0.630 bits per heavy atom. The molecule has 0 fully saturated rings. The fraction of sp³-hybridized carbons (Fsp3) is 0.880. The summed E-state index contributed by atoms with van der Waals surface area (Å²) in [6.07, 6.45) is 28.7. The lowest BCUT2D eigenvalue weighted by atomic mass is 10.0. The highest BCUT2D eigenvalue weighted by atomic mass is 15.1. The predicted octanol–water partition coefficient (Wildman–Crippen LogP) is 7.62. The minimum atomic E-state index is 1.09. The van der Waals surface area contributed by atoms with Crippen molar-refractivity contribution >= 4 is 0 Å². The van der Waals surface area contributed by atoms with Crippen molar-refractivity contribution in [1.29, 1.82) is 0 Å². The Hall–Kier alpha value is -0.790. The zero-order valence-corrected chi connectivity index (χ0v) is 19.0. The van der Waals surface area contributed by atoms with Gasteiger partial charge in [-0.2, -0.15) is 0 Å². The van der Waals surface area contributed by atoms with E-state index in [1.165, 1.54) is 115 Å². The zero-order chi connectivity index (χ0) is 19.6. The second kappa shape index (κ2) is 17.3. The average molecular weight is 378 g/mol. The Morgan fingerprint density at radius 3 is 1.48 bits per heavy atom. The highest BCUT2D eigenvalue weighted by Crippen LogP contribution is 2.13. The van der Waals surface area contributed by atoms with Gasteiger partial charge in [-0.1, -0.05) is 104 Å². The Labute approximate surface area is 170 Å². The van der Waals surface area contributed by atoms with Crippen molar-refractivity contribution in [3.05, 3.63) is 18.2 Å². The standard InChI is InChI=1S/C25H49N2/c1-4-7-8-9-10-11-12-13-14-15-16-17-18-19-20-21-22-27-24-23-26(6-3)25(27)5-2/h23-24H,4-22H2,1-3H3/q+1. The fourth-order valence-electron chi connectivity index (χ4n) is 4.23. The highest BCUT2D eigenvalue weighted by molar-refractivity contribution is 4.82. The number of aryl methyl sites for hydroxylation is 2. The van der Waals surface area contributed by atoms with E-state index in [1.807, 2.05) is 0 Å². The molecule has 0 amide bonds. The van der Waals surface area contributed by atoms with Gasteiger partial charge in [0.15, 0.2) is 0 Å². The lowest BCUT2D eigenvalue weighted by Gasteiger charge is -2.04. The van der Waals surface area contributed by atoms with Crippen LogP contribution in [0, 0.1) is 0 Å². The minimum absolute atomic E-state index is 1.09. The first-order valence-electron chi connectivity index (χ1n) is 12.4. The van der Waals surface area contributed by atoms with E-state index in [1.54, 1.807) is 0 Å². The van der Waals surface area contributed by atoms with Crippen LogP contribution in [0.15, 0.2) is 12.4 Å². The molecule has 0 bridgehead atoms. The second-order valence-corrected chi connectivity index (χ2v) is 8.35. The molecule has 158 valence electrons. The van der Waals surface area contributed by atoms with Gasteiger partial charge < -0.3 is 0 Å². The molecule has 1 rings (SSSR count). The summed E-state index contributed by atoms with van der Waals surface area (Å²) in [6, 6.07) is 0. The van der Waals surface area contributed by atoms with Gasteiger partial charge in [-0.3, -0.25) is 0 Å². The summed E-state index contributed by atoms with van der Waals surface area (Å²) in [5, 5.41) is 0. The summed E-state index contributed by atoms with van der Waals surface area (Å²) in [7, 11) is 0. The molecule has 1 aromatic rings. The normalized spacial score (nSPS) is 11.4. The molecule has 0 saturated heterocycles. The molecule has 0 saturated carbocycles. The van der Waals surface area contributed by atoms with Crippen LogP contribution in [0.2, 0.25) is 0 Å². The van der Waals surface area contributed by atoms with Crippen LogP contribution < -0.4 is 4.57 Å². The van der Waals surface area contributed by atoms with Gasteiger partial charge in [-0.15, -0.1) is 0 Å². The van der Waals surface area contributed by atoms with Crippen molar-refractivity contribution in [1.82, 2.24) is 4.57 Å². The molecule has 0 unspecified atom stereocenters. The highest BCUT2D eigenvalue weighted by Gasteiger charge is 2.12. The first kappa shape index (κ1) is 24.2. The van der Waals surface area contributed by atoms with Gasteiger partial charge in [0.05, 0.1) is 13.1 Å². The monoisotopic (exact) mass is 377 g/mol. The van der Waals surface area contributed by atoms with Gasteiger partial charge in [0.25, 0.3) is 5.82 Å². The van der Waals surface area contributed by atoms with Crippen LogP contribution >= 0.6 is 0 Å². The maximum absolute atomic E-state index is 2.47. The van der Waals surface area contributed by atoms with E-state index in [0.29, 0.717) is 0 Å². The second-order valence-electron chi connectivity index (χ2n) is 8.35. The number of nitrogens with zero attached hydrogens (tertiary/aromatic N) is 2. The lowest BCUT2D eigenvalue weighted by Crippen LogP contribution is -2.37. The van der Waals surface area contributed by atoms with Crippen LogP contribution in [0.4, 0.5) is 0 Å². The molecule has 2 nitrogen and oxygen atoms in total. The van der Waals surface area contributed by atoms with E-state index in [2.05, 4.69) is 42.3 Å². The molecule has 0 aromatic carbocycles. The quantitative estimate of drug-likeness (QED) is 0.173. The van der Waals surface area contributed by atoms with E-state index in [4.69, 9.17) is 0 Å². The van der Waals surface area contributed by atoms with Crippen molar-refractivity contribution in [3.8, 4) is 0 Å². The van der Waals surface area contributed by atoms with Gasteiger partial charge >= 0.3 is 0 Å². The third-order valence-corrected chi connectivity index (χ3v) is 6.00. The maximum atomic E-state index is 2.47. The van der Waals surface area contributed by atoms with Crippen molar-refractivity contribution < 1.29 is 4.57 Å². The van der Waals surface area contributed by atoms with Crippen LogP contribution in [-0.2, 0) is 19.5 Å². The summed E-state index contributed by atoms with van der Waals surface area (Å²) in [5.74, 6) is 1.48. The molecule has 0 aliphatic carbocycles. The van der Waals surface area contributed by atoms with Crippen molar-refractivity contribution in [3.63, 3.8) is 0 Å². The number of unbranched alkanes of at least 4 members (excludes halogenated alkanes) is 15. The molecule has 2 heteroatoms. The predicted molar refractivity (Wildman–Crippen MR) is 119 cm³/mol. The van der Waals surface area contributed by atoms with Gasteiger partial charge in [-0.05, 0) is 19.8 Å². The summed E-state index contributed by atoms with van der Waals surface area (Å²) in [4.78, 5) is 0. The number of hydrogen-bond donors (Lipinski definition) is 0. The Balaban J connectivity index is 1.84. The van der Waals surface area contributed by atoms with Crippen LogP contribution in [0.5, 0.6) is 0 Å². The SMILES string of the molecule is CCCCCCCCCCCCCCCCCC[n+]1ccn(CC)c1CC. The molecule has 0 aliphatic heterocycles. The van der Waals surface area contributed by atoms with Crippen molar-refractivity contribution in [2.75, 3.05) is 0 Å². The Kier molecular flexibility index (Phi) is 15.6. The lowest BCUT2D eigenvalue weighted by molar-refractivity contribution is -0.704. The minimum Gasteiger partial charge on any atom is -0.235 e. The van der Waals surface area contributed by atoms with Gasteiger partial charge in [0.2, 0.25) is 0 Å². The first-order valence-corrected chi connectivity index (χ1v) is 12.4. The Morgan fingerprint density at radius 2 is 1.07 bits per heavy atom. The molecule has 1 aromatic heterocycles. The number of imidazole rings is 1. The molecular weight excluding hydrogens is 328 g/mol. The van der Waals surface area contributed by atoms with E-state index in [-0.39, 0.29) is 0 Å². The molecule has 0 spiro atoms. The summed E-state index contributed by atoms with van der Waals surface area (Å²) in [6.45, 7) is 9.10. The van der Waals surface area contributed by atoms with Crippen LogP contribution in [0.3, 0.4) is 0 Å². The first-order chi connectivity index (χ1) is 13.3. The van der Waals surface area contributed by atoms with E-state index >= 15 is 0 Å². The van der Waals surface area contributed by atoms with E-state index < -0.39 is 0 Å². The smallest absolute Gasteiger partial charge is 0.235 e. The van der Waals surface area contributed by atoms with Crippen molar-refractivity contribution in [2.45, 2.75) is 143 Å². The summed E-state index contributed by atoms with van der Waals surface area (Å²) >= 11 is 0. The molecular formula is C25H49N2+. The van der Waals surface area contributed by atoms with Gasteiger partial charge in [-0.25, -0.2) is 9.13 Å². The molecule has 0 radical (unpaired) electrons. The largest absolute Gasteiger partial charge is 0.256 e. The third-order valence-electron chi connectivity index (χ3n) is 6.00. The number of hydrogen-bond acceptors (Lipinski definition) is 0. The molecule has 1 heterocycles. The fourth-order valence-corrected chi connectivity index (χ4v) is 4.23. The third kappa shape index (κ3) is 11.6. The number of rotatable bonds is 19. The summed E-state index contributed by atoms with van der Waals surface area (Å²) in [5.41, 5.74) is 0. The molecule has 0 atom stereocenters.